The van der Waals surface area contributed by atoms with Crippen LogP contribution in [0.25, 0.3) is 10.9 Å². The van der Waals surface area contributed by atoms with Gasteiger partial charge in [0, 0.05) is 30.1 Å². The number of H-pyrrole nitrogens is 1. The van der Waals surface area contributed by atoms with Gasteiger partial charge in [0.1, 0.15) is 6.04 Å². The molecule has 0 saturated heterocycles. The van der Waals surface area contributed by atoms with Crippen molar-refractivity contribution in [2.24, 2.45) is 0 Å². The Morgan fingerprint density at radius 2 is 2.10 bits per heavy atom. The predicted octanol–water partition coefficient (Wildman–Crippen LogP) is 1.48. The number of carbonyl (C=O) groups is 2. The highest BCUT2D eigenvalue weighted by Crippen LogP contribution is 2.19. The van der Waals surface area contributed by atoms with Crippen LogP contribution in [0.3, 0.4) is 0 Å². The zero-order chi connectivity index (χ0) is 14.5. The summed E-state index contributed by atoms with van der Waals surface area (Å²) >= 11 is 0. The summed E-state index contributed by atoms with van der Waals surface area (Å²) in [5.74, 6) is -1.05. The van der Waals surface area contributed by atoms with Crippen LogP contribution in [0.4, 0.5) is 4.79 Å². The van der Waals surface area contributed by atoms with E-state index in [1.807, 2.05) is 24.3 Å². The number of amides is 2. The molecule has 0 saturated carbocycles. The van der Waals surface area contributed by atoms with E-state index in [4.69, 9.17) is 0 Å². The molecule has 0 bridgehead atoms. The quantitative estimate of drug-likeness (QED) is 0.665. The molecule has 1 heterocycles. The van der Waals surface area contributed by atoms with E-state index in [9.17, 15) is 14.7 Å². The Morgan fingerprint density at radius 1 is 1.35 bits per heavy atom. The largest absolute Gasteiger partial charge is 0.480 e. The Kier molecular flexibility index (Phi) is 4.24. The van der Waals surface area contributed by atoms with Gasteiger partial charge in [-0.15, -0.1) is 0 Å². The van der Waals surface area contributed by atoms with Gasteiger partial charge in [0.25, 0.3) is 0 Å². The molecule has 0 spiro atoms. The van der Waals surface area contributed by atoms with Gasteiger partial charge in [0.15, 0.2) is 0 Å². The van der Waals surface area contributed by atoms with Crippen molar-refractivity contribution in [1.82, 2.24) is 15.6 Å². The van der Waals surface area contributed by atoms with Crippen LogP contribution in [0.1, 0.15) is 12.5 Å². The van der Waals surface area contributed by atoms with Gasteiger partial charge in [-0.05, 0) is 18.6 Å². The van der Waals surface area contributed by atoms with Crippen LogP contribution in [0.15, 0.2) is 30.5 Å². The van der Waals surface area contributed by atoms with Gasteiger partial charge < -0.3 is 20.7 Å². The molecule has 1 aromatic heterocycles. The minimum Gasteiger partial charge on any atom is -0.480 e. The minimum absolute atomic E-state index is 0.233. The summed E-state index contributed by atoms with van der Waals surface area (Å²) in [7, 11) is 0. The summed E-state index contributed by atoms with van der Waals surface area (Å²) in [5.41, 5.74) is 1.81. The van der Waals surface area contributed by atoms with Gasteiger partial charge in [-0.25, -0.2) is 9.59 Å². The molecular weight excluding hydrogens is 258 g/mol. The fourth-order valence-electron chi connectivity index (χ4n) is 2.09. The van der Waals surface area contributed by atoms with Crippen LogP contribution in [-0.2, 0) is 11.2 Å². The van der Waals surface area contributed by atoms with Crippen molar-refractivity contribution in [3.63, 3.8) is 0 Å². The van der Waals surface area contributed by atoms with Crippen LogP contribution < -0.4 is 10.6 Å². The van der Waals surface area contributed by atoms with Crippen LogP contribution >= 0.6 is 0 Å². The fourth-order valence-corrected chi connectivity index (χ4v) is 2.09. The van der Waals surface area contributed by atoms with E-state index in [-0.39, 0.29) is 6.42 Å². The zero-order valence-electron chi connectivity index (χ0n) is 11.1. The monoisotopic (exact) mass is 275 g/mol. The standard InChI is InChI=1S/C14H17N3O3/c1-2-15-14(20)17-12(13(18)19)7-9-8-16-11-6-4-3-5-10(9)11/h3-6,8,12,16H,2,7H2,1H3,(H,18,19)(H2,15,17,20)/t12-/m0/s1. The summed E-state index contributed by atoms with van der Waals surface area (Å²) in [5, 5.41) is 15.2. The normalized spacial score (nSPS) is 12.1. The van der Waals surface area contributed by atoms with Gasteiger partial charge >= 0.3 is 12.0 Å². The average molecular weight is 275 g/mol. The molecule has 1 atom stereocenters. The number of nitrogens with one attached hydrogen (secondary N) is 3. The number of aliphatic carboxylic acids is 1. The number of aromatic amines is 1. The number of benzene rings is 1. The van der Waals surface area contributed by atoms with Crippen LogP contribution in [0.5, 0.6) is 0 Å². The molecule has 0 aliphatic carbocycles. The van der Waals surface area contributed by atoms with Gasteiger partial charge in [-0.1, -0.05) is 18.2 Å². The summed E-state index contributed by atoms with van der Waals surface area (Å²) in [4.78, 5) is 25.8. The molecule has 0 unspecified atom stereocenters. The summed E-state index contributed by atoms with van der Waals surface area (Å²) in [6, 6.07) is 6.22. The third-order valence-electron chi connectivity index (χ3n) is 3.04. The molecule has 2 amide bonds. The van der Waals surface area contributed by atoms with E-state index in [0.717, 1.165) is 16.5 Å². The molecule has 0 aliphatic heterocycles. The van der Waals surface area contributed by atoms with Crippen LogP contribution in [-0.4, -0.2) is 34.7 Å². The molecule has 4 N–H and O–H groups in total. The Labute approximate surface area is 116 Å². The van der Waals surface area contributed by atoms with E-state index in [1.54, 1.807) is 13.1 Å². The molecule has 6 nitrogen and oxygen atoms in total. The molecule has 20 heavy (non-hydrogen) atoms. The van der Waals surface area contributed by atoms with Crippen molar-refractivity contribution in [3.8, 4) is 0 Å². The highest BCUT2D eigenvalue weighted by atomic mass is 16.4. The maximum atomic E-state index is 11.5. The lowest BCUT2D eigenvalue weighted by molar-refractivity contribution is -0.139. The molecule has 106 valence electrons. The SMILES string of the molecule is CCNC(=O)N[C@@H](Cc1c[nH]c2ccccc12)C(=O)O. The smallest absolute Gasteiger partial charge is 0.326 e. The number of para-hydroxylation sites is 1. The maximum absolute atomic E-state index is 11.5. The lowest BCUT2D eigenvalue weighted by Gasteiger charge is -2.14. The summed E-state index contributed by atoms with van der Waals surface area (Å²) in [6.45, 7) is 2.22. The van der Waals surface area contributed by atoms with Crippen molar-refractivity contribution < 1.29 is 14.7 Å². The zero-order valence-corrected chi connectivity index (χ0v) is 11.1. The molecule has 1 aromatic carbocycles. The third-order valence-corrected chi connectivity index (χ3v) is 3.04. The first-order chi connectivity index (χ1) is 9.61. The highest BCUT2D eigenvalue weighted by Gasteiger charge is 2.21. The number of carboxylic acids is 1. The molecule has 0 aliphatic rings. The van der Waals surface area contributed by atoms with Crippen molar-refractivity contribution in [1.29, 1.82) is 0 Å². The Hall–Kier alpha value is -2.50. The number of rotatable bonds is 5. The highest BCUT2D eigenvalue weighted by molar-refractivity contribution is 5.86. The van der Waals surface area contributed by atoms with Crippen molar-refractivity contribution in [2.75, 3.05) is 6.54 Å². The molecule has 2 rings (SSSR count). The first kappa shape index (κ1) is 13.9. The second kappa shape index (κ2) is 6.10. The van der Waals surface area contributed by atoms with Crippen molar-refractivity contribution >= 4 is 22.9 Å². The average Bonchev–Trinajstić information content (AvgIpc) is 2.82. The fraction of sp³-hybridized carbons (Fsp3) is 0.286. The third kappa shape index (κ3) is 3.09. The van der Waals surface area contributed by atoms with Gasteiger partial charge in [-0.2, -0.15) is 0 Å². The lowest BCUT2D eigenvalue weighted by Crippen LogP contribution is -2.47. The number of urea groups is 1. The maximum Gasteiger partial charge on any atom is 0.326 e. The second-order valence-electron chi connectivity index (χ2n) is 4.46. The van der Waals surface area contributed by atoms with Crippen LogP contribution in [0, 0.1) is 0 Å². The molecule has 0 fully saturated rings. The van der Waals surface area contributed by atoms with E-state index in [2.05, 4.69) is 15.6 Å². The number of carboxylic acid groups (broad SMARTS) is 1. The number of hydrogen-bond donors (Lipinski definition) is 4. The van der Waals surface area contributed by atoms with Gasteiger partial charge in [0.2, 0.25) is 0 Å². The Bertz CT molecular complexity index is 621. The topological polar surface area (TPSA) is 94.2 Å². The first-order valence-corrected chi connectivity index (χ1v) is 6.44. The second-order valence-corrected chi connectivity index (χ2v) is 4.46. The van der Waals surface area contributed by atoms with E-state index in [0.29, 0.717) is 6.54 Å². The minimum atomic E-state index is -1.05. The van der Waals surface area contributed by atoms with E-state index >= 15 is 0 Å². The van der Waals surface area contributed by atoms with E-state index in [1.165, 1.54) is 0 Å². The van der Waals surface area contributed by atoms with Gasteiger partial charge in [-0.3, -0.25) is 0 Å². The Morgan fingerprint density at radius 3 is 2.80 bits per heavy atom. The number of fused-ring (bicyclic) bond motifs is 1. The molecule has 6 heteroatoms. The number of aromatic nitrogens is 1. The molecule has 2 aromatic rings. The van der Waals surface area contributed by atoms with Crippen molar-refractivity contribution in [3.05, 3.63) is 36.0 Å². The van der Waals surface area contributed by atoms with E-state index < -0.39 is 18.0 Å². The van der Waals surface area contributed by atoms with Gasteiger partial charge in [0.05, 0.1) is 0 Å². The molecular formula is C14H17N3O3. The van der Waals surface area contributed by atoms with Crippen LogP contribution in [0.2, 0.25) is 0 Å². The molecule has 0 radical (unpaired) electrons. The van der Waals surface area contributed by atoms with Crippen molar-refractivity contribution in [2.45, 2.75) is 19.4 Å². The Balaban J connectivity index is 2.15. The first-order valence-electron chi connectivity index (χ1n) is 6.44. The number of carbonyl (C=O) groups excluding carboxylic acids is 1. The summed E-state index contributed by atoms with van der Waals surface area (Å²) < 4.78 is 0. The predicted molar refractivity (Wildman–Crippen MR) is 75.6 cm³/mol. The number of hydrogen-bond acceptors (Lipinski definition) is 2. The lowest BCUT2D eigenvalue weighted by atomic mass is 10.1. The summed E-state index contributed by atoms with van der Waals surface area (Å²) in [6.07, 6.45) is 2.01.